The Morgan fingerprint density at radius 1 is 1.22 bits per heavy atom. The van der Waals surface area contributed by atoms with Crippen molar-refractivity contribution in [3.05, 3.63) is 81.2 Å². The number of anilines is 1. The molecule has 0 atom stereocenters. The van der Waals surface area contributed by atoms with Crippen LogP contribution < -0.4 is 10.1 Å². The Kier molecular flexibility index (Phi) is 8.30. The van der Waals surface area contributed by atoms with Gasteiger partial charge < -0.3 is 10.1 Å². The molecular weight excluding hydrogens is 543 g/mol. The van der Waals surface area contributed by atoms with Gasteiger partial charge in [0.05, 0.1) is 17.6 Å². The van der Waals surface area contributed by atoms with Crippen molar-refractivity contribution in [1.29, 1.82) is 0 Å². The van der Waals surface area contributed by atoms with E-state index in [1.807, 2.05) is 18.2 Å². The Balaban J connectivity index is 1.32. The SMILES string of the molecule is COc1ccccc1/C=C1\SC(=S)N(CCC(=O)Nc2ncc(Cc3cccc(C(F)(F)F)c3)s2)C1=O. The topological polar surface area (TPSA) is 71.5 Å². The van der Waals surface area contributed by atoms with Crippen molar-refractivity contribution in [2.24, 2.45) is 0 Å². The first-order chi connectivity index (χ1) is 17.6. The number of thioether (sulfide) groups is 1. The molecule has 2 heterocycles. The molecule has 1 aliphatic heterocycles. The predicted octanol–water partition coefficient (Wildman–Crippen LogP) is 5.99. The number of aromatic nitrogens is 1. The van der Waals surface area contributed by atoms with Crippen LogP contribution in [0.3, 0.4) is 0 Å². The molecule has 4 rings (SSSR count). The van der Waals surface area contributed by atoms with Gasteiger partial charge in [-0.05, 0) is 23.8 Å². The van der Waals surface area contributed by atoms with E-state index < -0.39 is 11.7 Å². The third-order valence-corrected chi connectivity index (χ3v) is 7.58. The van der Waals surface area contributed by atoms with Crippen molar-refractivity contribution < 1.29 is 27.5 Å². The molecule has 0 saturated carbocycles. The zero-order valence-electron chi connectivity index (χ0n) is 19.4. The quantitative estimate of drug-likeness (QED) is 0.268. The molecule has 0 bridgehead atoms. The lowest BCUT2D eigenvalue weighted by Gasteiger charge is -2.13. The summed E-state index contributed by atoms with van der Waals surface area (Å²) < 4.78 is 44.5. The lowest BCUT2D eigenvalue weighted by molar-refractivity contribution is -0.137. The number of thiocarbonyl (C=S) groups is 1. The number of rotatable bonds is 8. The summed E-state index contributed by atoms with van der Waals surface area (Å²) in [6.07, 6.45) is -0.931. The van der Waals surface area contributed by atoms with Gasteiger partial charge in [0.25, 0.3) is 5.91 Å². The van der Waals surface area contributed by atoms with Crippen molar-refractivity contribution in [3.63, 3.8) is 0 Å². The molecule has 2 aromatic carbocycles. The number of methoxy groups -OCH3 is 1. The molecule has 2 amide bonds. The van der Waals surface area contributed by atoms with E-state index in [4.69, 9.17) is 17.0 Å². The smallest absolute Gasteiger partial charge is 0.416 e. The predicted molar refractivity (Wildman–Crippen MR) is 142 cm³/mol. The van der Waals surface area contributed by atoms with E-state index in [0.717, 1.165) is 29.5 Å². The Bertz CT molecular complexity index is 1370. The minimum absolute atomic E-state index is 0.00306. The third-order valence-electron chi connectivity index (χ3n) is 5.29. The molecule has 0 unspecified atom stereocenters. The molecule has 0 aliphatic carbocycles. The van der Waals surface area contributed by atoms with Crippen molar-refractivity contribution >= 4 is 62.7 Å². The van der Waals surface area contributed by atoms with E-state index in [1.54, 1.807) is 25.3 Å². The summed E-state index contributed by atoms with van der Waals surface area (Å²) in [6, 6.07) is 12.4. The van der Waals surface area contributed by atoms with E-state index in [2.05, 4.69) is 10.3 Å². The lowest BCUT2D eigenvalue weighted by atomic mass is 10.1. The standard InChI is InChI=1S/C25H20F3N3O3S3/c1-34-19-8-3-2-6-16(19)13-20-22(33)31(24(35)37-20)10-9-21(32)30-23-29-14-18(36-23)12-15-5-4-7-17(11-15)25(26,27)28/h2-8,11,13-14H,9-10,12H2,1H3,(H,29,30,32)/b20-13-. The fraction of sp³-hybridized carbons (Fsp3) is 0.200. The highest BCUT2D eigenvalue weighted by Gasteiger charge is 2.32. The summed E-state index contributed by atoms with van der Waals surface area (Å²) in [5, 5.41) is 3.00. The van der Waals surface area contributed by atoms with Crippen LogP contribution >= 0.6 is 35.3 Å². The van der Waals surface area contributed by atoms with Crippen LogP contribution in [0.1, 0.15) is 28.0 Å². The summed E-state index contributed by atoms with van der Waals surface area (Å²) in [7, 11) is 1.55. The van der Waals surface area contributed by atoms with Gasteiger partial charge >= 0.3 is 6.18 Å². The normalized spacial score (nSPS) is 14.9. The Labute approximate surface area is 224 Å². The first-order valence-corrected chi connectivity index (χ1v) is 13.0. The average Bonchev–Trinajstić information content (AvgIpc) is 3.40. The maximum Gasteiger partial charge on any atom is 0.416 e. The van der Waals surface area contributed by atoms with Crippen LogP contribution in [0.4, 0.5) is 18.3 Å². The summed E-state index contributed by atoms with van der Waals surface area (Å²) in [4.78, 5) is 32.0. The molecule has 1 saturated heterocycles. The number of amides is 2. The summed E-state index contributed by atoms with van der Waals surface area (Å²) in [5.74, 6) is -0.0166. The van der Waals surface area contributed by atoms with E-state index in [9.17, 15) is 22.8 Å². The number of nitrogens with one attached hydrogen (secondary N) is 1. The molecule has 192 valence electrons. The maximum absolute atomic E-state index is 12.9. The van der Waals surface area contributed by atoms with Gasteiger partial charge in [0.2, 0.25) is 5.91 Å². The number of hydrogen-bond acceptors (Lipinski definition) is 7. The first kappa shape index (κ1) is 26.8. The summed E-state index contributed by atoms with van der Waals surface area (Å²) in [6.45, 7) is 0.0994. The fourth-order valence-electron chi connectivity index (χ4n) is 3.52. The number of ether oxygens (including phenoxy) is 1. The number of hydrogen-bond donors (Lipinski definition) is 1. The molecule has 0 radical (unpaired) electrons. The molecule has 0 spiro atoms. The number of nitrogens with zero attached hydrogens (tertiary/aromatic N) is 2. The van der Waals surface area contributed by atoms with Crippen molar-refractivity contribution in [2.75, 3.05) is 19.0 Å². The van der Waals surface area contributed by atoms with Gasteiger partial charge in [-0.1, -0.05) is 60.4 Å². The van der Waals surface area contributed by atoms with Gasteiger partial charge in [0.1, 0.15) is 10.1 Å². The Morgan fingerprint density at radius 3 is 2.76 bits per heavy atom. The van der Waals surface area contributed by atoms with Crippen LogP contribution in [-0.4, -0.2) is 39.7 Å². The monoisotopic (exact) mass is 563 g/mol. The zero-order chi connectivity index (χ0) is 26.6. The van der Waals surface area contributed by atoms with Crippen LogP contribution in [0, 0.1) is 0 Å². The molecule has 1 aliphatic rings. The van der Waals surface area contributed by atoms with Crippen molar-refractivity contribution in [2.45, 2.75) is 19.0 Å². The highest BCUT2D eigenvalue weighted by Crippen LogP contribution is 2.34. The van der Waals surface area contributed by atoms with Gasteiger partial charge in [0, 0.05) is 36.0 Å². The van der Waals surface area contributed by atoms with Crippen molar-refractivity contribution in [1.82, 2.24) is 9.88 Å². The van der Waals surface area contributed by atoms with Crippen LogP contribution in [0.25, 0.3) is 6.08 Å². The second-order valence-electron chi connectivity index (χ2n) is 7.88. The molecule has 37 heavy (non-hydrogen) atoms. The largest absolute Gasteiger partial charge is 0.496 e. The number of alkyl halides is 3. The summed E-state index contributed by atoms with van der Waals surface area (Å²) >= 11 is 7.67. The number of carbonyl (C=O) groups excluding carboxylic acids is 2. The molecular formula is C25H20F3N3O3S3. The average molecular weight is 564 g/mol. The van der Waals surface area contributed by atoms with Crippen LogP contribution in [0.2, 0.25) is 0 Å². The molecule has 12 heteroatoms. The fourth-order valence-corrected chi connectivity index (χ4v) is 5.68. The van der Waals surface area contributed by atoms with Crippen LogP contribution in [-0.2, 0) is 22.2 Å². The van der Waals surface area contributed by atoms with Crippen LogP contribution in [0.5, 0.6) is 5.75 Å². The highest BCUT2D eigenvalue weighted by molar-refractivity contribution is 8.26. The first-order valence-electron chi connectivity index (χ1n) is 10.9. The van der Waals surface area contributed by atoms with Gasteiger partial charge in [-0.2, -0.15) is 13.2 Å². The van der Waals surface area contributed by atoms with Crippen LogP contribution in [0.15, 0.2) is 59.6 Å². The molecule has 1 fully saturated rings. The number of benzene rings is 2. The second kappa shape index (κ2) is 11.4. The number of thiazole rings is 1. The van der Waals surface area contributed by atoms with Gasteiger partial charge in [-0.3, -0.25) is 14.5 Å². The van der Waals surface area contributed by atoms with Gasteiger partial charge in [0.15, 0.2) is 5.13 Å². The molecule has 1 aromatic heterocycles. The van der Waals surface area contributed by atoms with E-state index in [1.165, 1.54) is 28.5 Å². The molecule has 3 aromatic rings. The highest BCUT2D eigenvalue weighted by atomic mass is 32.2. The van der Waals surface area contributed by atoms with Crippen molar-refractivity contribution in [3.8, 4) is 5.75 Å². The summed E-state index contributed by atoms with van der Waals surface area (Å²) in [5.41, 5.74) is 0.524. The zero-order valence-corrected chi connectivity index (χ0v) is 21.8. The Morgan fingerprint density at radius 2 is 2.00 bits per heavy atom. The molecule has 1 N–H and O–H groups in total. The van der Waals surface area contributed by atoms with Gasteiger partial charge in [-0.25, -0.2) is 4.98 Å². The third kappa shape index (κ3) is 6.76. The lowest BCUT2D eigenvalue weighted by Crippen LogP contribution is -2.31. The minimum atomic E-state index is -4.41. The second-order valence-corrected chi connectivity index (χ2v) is 10.7. The Hall–Kier alpha value is -3.22. The number of carbonyl (C=O) groups is 2. The molecule has 6 nitrogen and oxygen atoms in total. The maximum atomic E-state index is 12.9. The van der Waals surface area contributed by atoms with E-state index in [0.29, 0.717) is 30.5 Å². The van der Waals surface area contributed by atoms with Gasteiger partial charge in [-0.15, -0.1) is 11.3 Å². The van der Waals surface area contributed by atoms with E-state index >= 15 is 0 Å². The van der Waals surface area contributed by atoms with E-state index in [-0.39, 0.29) is 31.2 Å². The number of para-hydroxylation sites is 1. The minimum Gasteiger partial charge on any atom is -0.496 e. The number of halogens is 3.